The van der Waals surface area contributed by atoms with Crippen LogP contribution in [-0.2, 0) is 13.2 Å². The van der Waals surface area contributed by atoms with Crippen molar-refractivity contribution in [3.05, 3.63) is 96.0 Å². The SMILES string of the molecule is COc1ccc(OCc2ccc(C(=O)Nc3cnn(Cc4cccc(F)c4)c3)o2)cc1. The number of carbonyl (C=O) groups excluding carboxylic acids is 1. The van der Waals surface area contributed by atoms with Gasteiger partial charge in [0, 0.05) is 6.20 Å². The van der Waals surface area contributed by atoms with E-state index < -0.39 is 5.91 Å². The quantitative estimate of drug-likeness (QED) is 0.453. The Morgan fingerprint density at radius 2 is 1.94 bits per heavy atom. The number of aromatic nitrogens is 2. The molecule has 0 aliphatic carbocycles. The first kappa shape index (κ1) is 20.2. The molecule has 0 fully saturated rings. The van der Waals surface area contributed by atoms with E-state index in [-0.39, 0.29) is 18.2 Å². The minimum atomic E-state index is -0.402. The summed E-state index contributed by atoms with van der Waals surface area (Å²) in [5, 5.41) is 6.92. The molecule has 7 nitrogen and oxygen atoms in total. The number of furan rings is 1. The van der Waals surface area contributed by atoms with Crippen molar-refractivity contribution in [3.63, 3.8) is 0 Å². The molecule has 0 saturated heterocycles. The number of nitrogens with zero attached hydrogens (tertiary/aromatic N) is 2. The number of hydrogen-bond acceptors (Lipinski definition) is 5. The number of amides is 1. The van der Waals surface area contributed by atoms with E-state index in [1.807, 2.05) is 0 Å². The lowest BCUT2D eigenvalue weighted by atomic mass is 10.2. The summed E-state index contributed by atoms with van der Waals surface area (Å²) in [7, 11) is 1.60. The standard InChI is InChI=1S/C23H20FN3O4/c1-29-19-5-7-20(8-6-19)30-15-21-9-10-22(31-21)23(28)26-18-12-25-27(14-18)13-16-3-2-4-17(24)11-16/h2-12,14H,13,15H2,1H3,(H,26,28). The first-order chi connectivity index (χ1) is 15.1. The summed E-state index contributed by atoms with van der Waals surface area (Å²) >= 11 is 0. The van der Waals surface area contributed by atoms with E-state index >= 15 is 0 Å². The predicted molar refractivity (Wildman–Crippen MR) is 112 cm³/mol. The summed E-state index contributed by atoms with van der Waals surface area (Å²) in [6, 6.07) is 16.7. The lowest BCUT2D eigenvalue weighted by Crippen LogP contribution is -2.10. The van der Waals surface area contributed by atoms with Gasteiger partial charge in [0.2, 0.25) is 0 Å². The lowest BCUT2D eigenvalue weighted by Gasteiger charge is -2.05. The van der Waals surface area contributed by atoms with Gasteiger partial charge in [0.05, 0.1) is 25.5 Å². The van der Waals surface area contributed by atoms with Crippen LogP contribution in [0.1, 0.15) is 21.9 Å². The number of carbonyl (C=O) groups is 1. The van der Waals surface area contributed by atoms with Crippen molar-refractivity contribution in [1.82, 2.24) is 9.78 Å². The molecule has 2 aromatic heterocycles. The fraction of sp³-hybridized carbons (Fsp3) is 0.130. The van der Waals surface area contributed by atoms with Gasteiger partial charge in [-0.25, -0.2) is 4.39 Å². The second-order valence-electron chi connectivity index (χ2n) is 6.74. The molecule has 0 bridgehead atoms. The topological polar surface area (TPSA) is 78.5 Å². The maximum Gasteiger partial charge on any atom is 0.291 e. The molecule has 0 unspecified atom stereocenters. The number of benzene rings is 2. The summed E-state index contributed by atoms with van der Waals surface area (Å²) in [4.78, 5) is 12.4. The van der Waals surface area contributed by atoms with Crippen LogP contribution >= 0.6 is 0 Å². The number of anilines is 1. The molecule has 0 atom stereocenters. The third kappa shape index (κ3) is 5.30. The van der Waals surface area contributed by atoms with Crippen LogP contribution in [0.3, 0.4) is 0 Å². The summed E-state index contributed by atoms with van der Waals surface area (Å²) in [5.41, 5.74) is 1.28. The van der Waals surface area contributed by atoms with Crippen LogP contribution in [0, 0.1) is 5.82 Å². The van der Waals surface area contributed by atoms with Crippen LogP contribution in [0.5, 0.6) is 11.5 Å². The third-order valence-electron chi connectivity index (χ3n) is 4.45. The number of hydrogen-bond donors (Lipinski definition) is 1. The molecule has 4 aromatic rings. The molecule has 0 spiro atoms. The average molecular weight is 421 g/mol. The van der Waals surface area contributed by atoms with Crippen LogP contribution in [-0.4, -0.2) is 22.8 Å². The molecule has 0 saturated carbocycles. The van der Waals surface area contributed by atoms with Crippen LogP contribution in [0.4, 0.5) is 10.1 Å². The molecule has 4 rings (SSSR count). The zero-order valence-corrected chi connectivity index (χ0v) is 16.7. The first-order valence-electron chi connectivity index (χ1n) is 9.53. The highest BCUT2D eigenvalue weighted by Gasteiger charge is 2.13. The Balaban J connectivity index is 1.32. The Morgan fingerprint density at radius 3 is 2.71 bits per heavy atom. The van der Waals surface area contributed by atoms with Gasteiger partial charge in [-0.05, 0) is 54.1 Å². The van der Waals surface area contributed by atoms with E-state index in [0.717, 1.165) is 11.3 Å². The van der Waals surface area contributed by atoms with Gasteiger partial charge in [-0.15, -0.1) is 0 Å². The normalized spacial score (nSPS) is 10.6. The number of nitrogens with one attached hydrogen (secondary N) is 1. The number of ether oxygens (including phenoxy) is 2. The van der Waals surface area contributed by atoms with Gasteiger partial charge in [0.25, 0.3) is 5.91 Å². The number of methoxy groups -OCH3 is 1. The van der Waals surface area contributed by atoms with Gasteiger partial charge in [-0.2, -0.15) is 5.10 Å². The second kappa shape index (κ2) is 9.17. The molecule has 1 amide bonds. The van der Waals surface area contributed by atoms with Crippen molar-refractivity contribution >= 4 is 11.6 Å². The van der Waals surface area contributed by atoms with Gasteiger partial charge >= 0.3 is 0 Å². The number of rotatable bonds is 8. The molecule has 2 heterocycles. The van der Waals surface area contributed by atoms with Gasteiger partial charge in [-0.3, -0.25) is 9.48 Å². The van der Waals surface area contributed by atoms with Crippen molar-refractivity contribution in [3.8, 4) is 11.5 Å². The van der Waals surface area contributed by atoms with E-state index in [4.69, 9.17) is 13.9 Å². The minimum absolute atomic E-state index is 0.159. The number of halogens is 1. The molecule has 0 aliphatic heterocycles. The summed E-state index contributed by atoms with van der Waals surface area (Å²) in [6.07, 6.45) is 3.19. The molecule has 0 radical (unpaired) electrons. The minimum Gasteiger partial charge on any atom is -0.497 e. The summed E-state index contributed by atoms with van der Waals surface area (Å²) in [6.45, 7) is 0.576. The van der Waals surface area contributed by atoms with Crippen LogP contribution in [0.2, 0.25) is 0 Å². The predicted octanol–water partition coefficient (Wildman–Crippen LogP) is 4.50. The molecule has 2 aromatic carbocycles. The van der Waals surface area contributed by atoms with E-state index in [2.05, 4.69) is 10.4 Å². The third-order valence-corrected chi connectivity index (χ3v) is 4.45. The van der Waals surface area contributed by atoms with E-state index in [9.17, 15) is 9.18 Å². The average Bonchev–Trinajstić information content (AvgIpc) is 3.42. The molecular formula is C23H20FN3O4. The Labute approximate surface area is 178 Å². The van der Waals surface area contributed by atoms with Gasteiger partial charge in [0.1, 0.15) is 29.7 Å². The largest absolute Gasteiger partial charge is 0.497 e. The van der Waals surface area contributed by atoms with E-state index in [1.165, 1.54) is 18.3 Å². The Morgan fingerprint density at radius 1 is 1.13 bits per heavy atom. The molecule has 31 heavy (non-hydrogen) atoms. The lowest BCUT2D eigenvalue weighted by molar-refractivity contribution is 0.0992. The van der Waals surface area contributed by atoms with Crippen molar-refractivity contribution in [2.45, 2.75) is 13.2 Å². The molecule has 8 heteroatoms. The molecule has 1 N–H and O–H groups in total. The maximum absolute atomic E-state index is 13.3. The van der Waals surface area contributed by atoms with E-state index in [0.29, 0.717) is 23.7 Å². The van der Waals surface area contributed by atoms with Gasteiger partial charge in [-0.1, -0.05) is 12.1 Å². The van der Waals surface area contributed by atoms with Crippen LogP contribution < -0.4 is 14.8 Å². The highest BCUT2D eigenvalue weighted by molar-refractivity contribution is 6.02. The fourth-order valence-electron chi connectivity index (χ4n) is 2.93. The molecule has 158 valence electrons. The Kier molecular flexibility index (Phi) is 5.98. The zero-order chi connectivity index (χ0) is 21.6. The first-order valence-corrected chi connectivity index (χ1v) is 9.53. The van der Waals surface area contributed by atoms with Gasteiger partial charge in [0.15, 0.2) is 5.76 Å². The van der Waals surface area contributed by atoms with Crippen molar-refractivity contribution in [2.75, 3.05) is 12.4 Å². The van der Waals surface area contributed by atoms with Crippen LogP contribution in [0.25, 0.3) is 0 Å². The van der Waals surface area contributed by atoms with Crippen molar-refractivity contribution < 1.29 is 23.1 Å². The van der Waals surface area contributed by atoms with Crippen molar-refractivity contribution in [1.29, 1.82) is 0 Å². The zero-order valence-electron chi connectivity index (χ0n) is 16.7. The fourth-order valence-corrected chi connectivity index (χ4v) is 2.93. The summed E-state index contributed by atoms with van der Waals surface area (Å²) < 4.78 is 31.2. The monoisotopic (exact) mass is 421 g/mol. The van der Waals surface area contributed by atoms with Gasteiger partial charge < -0.3 is 19.2 Å². The summed E-state index contributed by atoms with van der Waals surface area (Å²) in [5.74, 6) is 1.37. The molecular weight excluding hydrogens is 401 g/mol. The van der Waals surface area contributed by atoms with Crippen molar-refractivity contribution in [2.24, 2.45) is 0 Å². The second-order valence-corrected chi connectivity index (χ2v) is 6.74. The van der Waals surface area contributed by atoms with E-state index in [1.54, 1.807) is 66.5 Å². The maximum atomic E-state index is 13.3. The highest BCUT2D eigenvalue weighted by Crippen LogP contribution is 2.19. The molecule has 0 aliphatic rings. The highest BCUT2D eigenvalue weighted by atomic mass is 19.1. The van der Waals surface area contributed by atoms with Crippen LogP contribution in [0.15, 0.2) is 77.5 Å². The Bertz CT molecular complexity index is 1170. The smallest absolute Gasteiger partial charge is 0.291 e. The Hall–Kier alpha value is -4.07.